The number of aryl methyl sites for hydroxylation is 1. The lowest BCUT2D eigenvalue weighted by Crippen LogP contribution is -2.30. The van der Waals surface area contributed by atoms with Crippen LogP contribution < -0.4 is 10.6 Å². The van der Waals surface area contributed by atoms with Crippen molar-refractivity contribution >= 4 is 43.6 Å². The van der Waals surface area contributed by atoms with Gasteiger partial charge in [-0.15, -0.1) is 0 Å². The van der Waals surface area contributed by atoms with Crippen LogP contribution in [0.5, 0.6) is 0 Å². The van der Waals surface area contributed by atoms with Gasteiger partial charge < -0.3 is 10.6 Å². The third kappa shape index (κ3) is 5.17. The van der Waals surface area contributed by atoms with E-state index < -0.39 is 0 Å². The predicted octanol–water partition coefficient (Wildman–Crippen LogP) is 4.88. The molecule has 0 unspecified atom stereocenters. The maximum atomic E-state index is 11.9. The van der Waals surface area contributed by atoms with E-state index in [-0.39, 0.29) is 6.03 Å². The van der Waals surface area contributed by atoms with Crippen LogP contribution in [0.1, 0.15) is 11.1 Å². The van der Waals surface area contributed by atoms with E-state index in [9.17, 15) is 4.79 Å². The zero-order chi connectivity index (χ0) is 15.2. The molecule has 2 amide bonds. The van der Waals surface area contributed by atoms with Gasteiger partial charge in [0.1, 0.15) is 0 Å². The fourth-order valence-corrected chi connectivity index (χ4v) is 2.65. The van der Waals surface area contributed by atoms with Crippen LogP contribution in [0, 0.1) is 6.92 Å². The van der Waals surface area contributed by atoms with Gasteiger partial charge in [0.2, 0.25) is 0 Å². The van der Waals surface area contributed by atoms with Crippen molar-refractivity contribution < 1.29 is 4.79 Å². The molecule has 0 spiro atoms. The highest BCUT2D eigenvalue weighted by Gasteiger charge is 2.04. The second-order valence-electron chi connectivity index (χ2n) is 4.72. The SMILES string of the molecule is Cc1cc(Br)ccc1NC(=O)NCCc1ccc(Br)cc1. The number of benzene rings is 2. The van der Waals surface area contributed by atoms with E-state index in [1.54, 1.807) is 0 Å². The van der Waals surface area contributed by atoms with Crippen LogP contribution in [-0.2, 0) is 6.42 Å². The van der Waals surface area contributed by atoms with E-state index in [1.807, 2.05) is 49.4 Å². The van der Waals surface area contributed by atoms with Crippen LogP contribution in [-0.4, -0.2) is 12.6 Å². The third-order valence-electron chi connectivity index (χ3n) is 3.05. The van der Waals surface area contributed by atoms with Gasteiger partial charge in [0, 0.05) is 21.2 Å². The molecule has 0 radical (unpaired) electrons. The Morgan fingerprint density at radius 1 is 1.05 bits per heavy atom. The highest BCUT2D eigenvalue weighted by atomic mass is 79.9. The summed E-state index contributed by atoms with van der Waals surface area (Å²) in [7, 11) is 0. The Hall–Kier alpha value is -1.33. The first-order valence-corrected chi connectivity index (χ1v) is 8.18. The van der Waals surface area contributed by atoms with Gasteiger partial charge in [0.05, 0.1) is 0 Å². The monoisotopic (exact) mass is 410 g/mol. The average molecular weight is 412 g/mol. The molecule has 0 aromatic heterocycles. The van der Waals surface area contributed by atoms with Crippen LogP contribution in [0.15, 0.2) is 51.4 Å². The fourth-order valence-electron chi connectivity index (χ4n) is 1.91. The molecule has 0 fully saturated rings. The summed E-state index contributed by atoms with van der Waals surface area (Å²) >= 11 is 6.81. The number of anilines is 1. The molecule has 110 valence electrons. The molecular weight excluding hydrogens is 396 g/mol. The standard InChI is InChI=1S/C16H16Br2N2O/c1-11-10-14(18)6-7-15(11)20-16(21)19-9-8-12-2-4-13(17)5-3-12/h2-7,10H,8-9H2,1H3,(H2,19,20,21). The Morgan fingerprint density at radius 3 is 2.38 bits per heavy atom. The summed E-state index contributed by atoms with van der Waals surface area (Å²) in [5.74, 6) is 0. The maximum absolute atomic E-state index is 11.9. The van der Waals surface area contributed by atoms with Crippen LogP contribution in [0.25, 0.3) is 0 Å². The lowest BCUT2D eigenvalue weighted by molar-refractivity contribution is 0.252. The second kappa shape index (κ2) is 7.61. The van der Waals surface area contributed by atoms with Crippen molar-refractivity contribution in [3.8, 4) is 0 Å². The summed E-state index contributed by atoms with van der Waals surface area (Å²) < 4.78 is 2.06. The van der Waals surface area contributed by atoms with Gasteiger partial charge in [0.15, 0.2) is 0 Å². The van der Waals surface area contributed by atoms with E-state index in [0.717, 1.165) is 26.6 Å². The van der Waals surface area contributed by atoms with Crippen molar-refractivity contribution in [1.29, 1.82) is 0 Å². The molecule has 0 saturated heterocycles. The lowest BCUT2D eigenvalue weighted by Gasteiger charge is -2.10. The number of halogens is 2. The van der Waals surface area contributed by atoms with E-state index in [4.69, 9.17) is 0 Å². The Kier molecular flexibility index (Phi) is 5.82. The molecule has 0 heterocycles. The summed E-state index contributed by atoms with van der Waals surface area (Å²) in [4.78, 5) is 11.9. The molecule has 0 aliphatic carbocycles. The minimum atomic E-state index is -0.183. The van der Waals surface area contributed by atoms with Gasteiger partial charge in [-0.05, 0) is 54.8 Å². The maximum Gasteiger partial charge on any atom is 0.319 e. The van der Waals surface area contributed by atoms with Gasteiger partial charge in [0.25, 0.3) is 0 Å². The Labute approximate surface area is 141 Å². The summed E-state index contributed by atoms with van der Waals surface area (Å²) in [5.41, 5.74) is 3.03. The number of carbonyl (C=O) groups is 1. The van der Waals surface area contributed by atoms with Crippen molar-refractivity contribution in [2.75, 3.05) is 11.9 Å². The highest BCUT2D eigenvalue weighted by molar-refractivity contribution is 9.10. The van der Waals surface area contributed by atoms with Crippen LogP contribution in [0.3, 0.4) is 0 Å². The molecule has 0 bridgehead atoms. The molecule has 2 aromatic carbocycles. The van der Waals surface area contributed by atoms with Crippen LogP contribution in [0.2, 0.25) is 0 Å². The number of carbonyl (C=O) groups excluding carboxylic acids is 1. The Morgan fingerprint density at radius 2 is 1.71 bits per heavy atom. The summed E-state index contributed by atoms with van der Waals surface area (Å²) in [5, 5.41) is 5.72. The van der Waals surface area contributed by atoms with Crippen molar-refractivity contribution in [1.82, 2.24) is 5.32 Å². The van der Waals surface area contributed by atoms with Gasteiger partial charge in [-0.2, -0.15) is 0 Å². The number of nitrogens with one attached hydrogen (secondary N) is 2. The molecule has 0 saturated carbocycles. The molecule has 21 heavy (non-hydrogen) atoms. The normalized spacial score (nSPS) is 10.2. The number of hydrogen-bond donors (Lipinski definition) is 2. The van der Waals surface area contributed by atoms with Gasteiger partial charge >= 0.3 is 6.03 Å². The quantitative estimate of drug-likeness (QED) is 0.739. The van der Waals surface area contributed by atoms with Crippen molar-refractivity contribution in [3.63, 3.8) is 0 Å². The molecule has 0 aliphatic heterocycles. The topological polar surface area (TPSA) is 41.1 Å². The summed E-state index contributed by atoms with van der Waals surface area (Å²) in [6, 6.07) is 13.7. The molecule has 5 heteroatoms. The van der Waals surface area contributed by atoms with Crippen molar-refractivity contribution in [2.24, 2.45) is 0 Å². The zero-order valence-electron chi connectivity index (χ0n) is 11.6. The number of hydrogen-bond acceptors (Lipinski definition) is 1. The average Bonchev–Trinajstić information content (AvgIpc) is 2.44. The van der Waals surface area contributed by atoms with E-state index in [2.05, 4.69) is 42.5 Å². The summed E-state index contributed by atoms with van der Waals surface area (Å²) in [6.45, 7) is 2.56. The van der Waals surface area contributed by atoms with Crippen LogP contribution in [0.4, 0.5) is 10.5 Å². The second-order valence-corrected chi connectivity index (χ2v) is 6.55. The Bertz CT molecular complexity index is 627. The first kappa shape index (κ1) is 16.0. The highest BCUT2D eigenvalue weighted by Crippen LogP contribution is 2.19. The van der Waals surface area contributed by atoms with E-state index in [1.165, 1.54) is 5.56 Å². The lowest BCUT2D eigenvalue weighted by atomic mass is 10.1. The van der Waals surface area contributed by atoms with E-state index >= 15 is 0 Å². The predicted molar refractivity (Wildman–Crippen MR) is 93.7 cm³/mol. The molecule has 2 N–H and O–H groups in total. The van der Waals surface area contributed by atoms with Gasteiger partial charge in [-0.3, -0.25) is 0 Å². The third-order valence-corrected chi connectivity index (χ3v) is 4.07. The van der Waals surface area contributed by atoms with Gasteiger partial charge in [-0.1, -0.05) is 44.0 Å². The molecule has 0 aliphatic rings. The number of amides is 2. The first-order chi connectivity index (χ1) is 10.0. The number of rotatable bonds is 4. The molecule has 2 aromatic rings. The number of urea groups is 1. The molecule has 3 nitrogen and oxygen atoms in total. The zero-order valence-corrected chi connectivity index (χ0v) is 14.8. The molecule has 2 rings (SSSR count). The summed E-state index contributed by atoms with van der Waals surface area (Å²) in [6.07, 6.45) is 0.806. The molecular formula is C16H16Br2N2O. The fraction of sp³-hybridized carbons (Fsp3) is 0.188. The van der Waals surface area contributed by atoms with Gasteiger partial charge in [-0.25, -0.2) is 4.79 Å². The first-order valence-electron chi connectivity index (χ1n) is 6.60. The van der Waals surface area contributed by atoms with Crippen molar-refractivity contribution in [3.05, 3.63) is 62.5 Å². The van der Waals surface area contributed by atoms with Crippen LogP contribution >= 0.6 is 31.9 Å². The minimum Gasteiger partial charge on any atom is -0.338 e. The Balaban J connectivity index is 1.81. The van der Waals surface area contributed by atoms with E-state index in [0.29, 0.717) is 6.54 Å². The molecule has 0 atom stereocenters. The van der Waals surface area contributed by atoms with Crippen molar-refractivity contribution in [2.45, 2.75) is 13.3 Å². The largest absolute Gasteiger partial charge is 0.338 e. The minimum absolute atomic E-state index is 0.183. The smallest absolute Gasteiger partial charge is 0.319 e.